The number of ether oxygens (including phenoxy) is 2. The van der Waals surface area contributed by atoms with E-state index in [-0.39, 0.29) is 6.54 Å². The minimum absolute atomic E-state index is 0.0816. The summed E-state index contributed by atoms with van der Waals surface area (Å²) in [6, 6.07) is 5.68. The Morgan fingerprint density at radius 2 is 1.96 bits per heavy atom. The van der Waals surface area contributed by atoms with Crippen molar-refractivity contribution in [1.82, 2.24) is 10.3 Å². The summed E-state index contributed by atoms with van der Waals surface area (Å²) in [5.74, 6) is -0.182. The molecule has 0 fully saturated rings. The Kier molecular flexibility index (Phi) is 5.73. The van der Waals surface area contributed by atoms with E-state index >= 15 is 0 Å². The van der Waals surface area contributed by atoms with Crippen molar-refractivity contribution >= 4 is 17.5 Å². The molecule has 9 heteroatoms. The van der Waals surface area contributed by atoms with Crippen LogP contribution in [0.2, 0.25) is 5.15 Å². The summed E-state index contributed by atoms with van der Waals surface area (Å²) in [4.78, 5) is 15.8. The van der Waals surface area contributed by atoms with E-state index in [2.05, 4.69) is 10.3 Å². The Morgan fingerprint density at radius 1 is 1.24 bits per heavy atom. The summed E-state index contributed by atoms with van der Waals surface area (Å²) in [5, 5.41) is 1.87. The van der Waals surface area contributed by atoms with Crippen LogP contribution in [-0.2, 0) is 12.7 Å². The average Bonchev–Trinajstić information content (AvgIpc) is 2.58. The highest BCUT2D eigenvalue weighted by Gasteiger charge is 2.36. The van der Waals surface area contributed by atoms with Gasteiger partial charge in [-0.1, -0.05) is 23.7 Å². The van der Waals surface area contributed by atoms with E-state index in [4.69, 9.17) is 21.1 Å². The van der Waals surface area contributed by atoms with Gasteiger partial charge in [-0.2, -0.15) is 13.2 Å². The van der Waals surface area contributed by atoms with Gasteiger partial charge < -0.3 is 14.8 Å². The number of methoxy groups -OCH3 is 2. The number of carbonyl (C=O) groups is 1. The van der Waals surface area contributed by atoms with E-state index in [1.54, 1.807) is 18.2 Å². The molecule has 1 aromatic carbocycles. The molecule has 134 valence electrons. The van der Waals surface area contributed by atoms with Gasteiger partial charge in [0.05, 0.1) is 25.3 Å². The highest BCUT2D eigenvalue weighted by atomic mass is 35.5. The summed E-state index contributed by atoms with van der Waals surface area (Å²) in [6.45, 7) is -0.0816. The second-order valence-electron chi connectivity index (χ2n) is 4.86. The number of hydrogen-bond donors (Lipinski definition) is 1. The average molecular weight is 375 g/mol. The van der Waals surface area contributed by atoms with Gasteiger partial charge in [0.15, 0.2) is 11.5 Å². The van der Waals surface area contributed by atoms with E-state index in [1.165, 1.54) is 14.2 Å². The molecule has 0 radical (unpaired) electrons. The van der Waals surface area contributed by atoms with Crippen LogP contribution in [0.5, 0.6) is 11.5 Å². The molecule has 0 spiro atoms. The van der Waals surface area contributed by atoms with Crippen molar-refractivity contribution in [1.29, 1.82) is 0 Å². The normalized spacial score (nSPS) is 11.1. The predicted molar refractivity (Wildman–Crippen MR) is 85.0 cm³/mol. The van der Waals surface area contributed by atoms with E-state index in [9.17, 15) is 18.0 Å². The topological polar surface area (TPSA) is 60.5 Å². The molecule has 0 saturated carbocycles. The second kappa shape index (κ2) is 7.60. The second-order valence-corrected chi connectivity index (χ2v) is 5.22. The zero-order valence-electron chi connectivity index (χ0n) is 13.3. The SMILES string of the molecule is COc1cccc(CNC(=O)c2c(C(F)(F)F)ccnc2Cl)c1OC. The number of nitrogens with one attached hydrogen (secondary N) is 1. The maximum absolute atomic E-state index is 13.1. The fourth-order valence-electron chi connectivity index (χ4n) is 2.25. The minimum atomic E-state index is -4.73. The van der Waals surface area contributed by atoms with Crippen molar-refractivity contribution in [3.63, 3.8) is 0 Å². The van der Waals surface area contributed by atoms with Gasteiger partial charge in [-0.25, -0.2) is 4.98 Å². The van der Waals surface area contributed by atoms with Crippen LogP contribution in [-0.4, -0.2) is 25.1 Å². The van der Waals surface area contributed by atoms with Gasteiger partial charge in [0.25, 0.3) is 5.91 Å². The molecular weight excluding hydrogens is 361 g/mol. The summed E-state index contributed by atoms with van der Waals surface area (Å²) < 4.78 is 49.5. The smallest absolute Gasteiger partial charge is 0.417 e. The monoisotopic (exact) mass is 374 g/mol. The molecule has 0 saturated heterocycles. The number of nitrogens with zero attached hydrogens (tertiary/aromatic N) is 1. The fraction of sp³-hybridized carbons (Fsp3) is 0.250. The predicted octanol–water partition coefficient (Wildman–Crippen LogP) is 3.70. The largest absolute Gasteiger partial charge is 0.493 e. The van der Waals surface area contributed by atoms with Crippen molar-refractivity contribution in [3.8, 4) is 11.5 Å². The third-order valence-corrected chi connectivity index (χ3v) is 3.65. The molecule has 1 amide bonds. The van der Waals surface area contributed by atoms with E-state index in [0.717, 1.165) is 6.20 Å². The third-order valence-electron chi connectivity index (χ3n) is 3.36. The van der Waals surface area contributed by atoms with E-state index in [1.807, 2.05) is 0 Å². The van der Waals surface area contributed by atoms with Gasteiger partial charge in [0.1, 0.15) is 5.15 Å². The Balaban J connectivity index is 2.28. The maximum Gasteiger partial charge on any atom is 0.417 e. The van der Waals surface area contributed by atoms with E-state index in [0.29, 0.717) is 23.1 Å². The number of carbonyl (C=O) groups excluding carboxylic acids is 1. The van der Waals surface area contributed by atoms with Crippen molar-refractivity contribution in [3.05, 3.63) is 52.3 Å². The van der Waals surface area contributed by atoms with Gasteiger partial charge in [0.2, 0.25) is 0 Å². The number of para-hydroxylation sites is 1. The summed E-state index contributed by atoms with van der Waals surface area (Å²) in [7, 11) is 2.87. The van der Waals surface area contributed by atoms with Crippen LogP contribution in [0.3, 0.4) is 0 Å². The standard InChI is InChI=1S/C16H14ClF3N2O3/c1-24-11-5-3-4-9(13(11)25-2)8-22-15(23)12-10(16(18,19)20)6-7-21-14(12)17/h3-7H,8H2,1-2H3,(H,22,23). The highest BCUT2D eigenvalue weighted by molar-refractivity contribution is 6.32. The van der Waals surface area contributed by atoms with Gasteiger partial charge in [-0.3, -0.25) is 4.79 Å². The first-order chi connectivity index (χ1) is 11.8. The molecule has 0 aliphatic rings. The zero-order chi connectivity index (χ0) is 18.6. The number of pyridine rings is 1. The number of aromatic nitrogens is 1. The number of halogens is 4. The van der Waals surface area contributed by atoms with Gasteiger partial charge in [-0.15, -0.1) is 0 Å². The molecule has 0 aliphatic heterocycles. The fourth-order valence-corrected chi connectivity index (χ4v) is 2.49. The zero-order valence-corrected chi connectivity index (χ0v) is 14.0. The Bertz CT molecular complexity index is 782. The number of benzene rings is 1. The summed E-state index contributed by atoms with van der Waals surface area (Å²) >= 11 is 5.70. The lowest BCUT2D eigenvalue weighted by Gasteiger charge is -2.15. The molecule has 0 unspecified atom stereocenters. The molecule has 2 rings (SSSR count). The van der Waals surface area contributed by atoms with Crippen molar-refractivity contribution in [2.45, 2.75) is 12.7 Å². The Morgan fingerprint density at radius 3 is 2.56 bits per heavy atom. The van der Waals surface area contributed by atoms with Gasteiger partial charge >= 0.3 is 6.18 Å². The molecular formula is C16H14ClF3N2O3. The van der Waals surface area contributed by atoms with Gasteiger partial charge in [0, 0.05) is 18.3 Å². The van der Waals surface area contributed by atoms with E-state index < -0.39 is 28.4 Å². The third kappa shape index (κ3) is 4.14. The number of amides is 1. The first-order valence-electron chi connectivity index (χ1n) is 6.99. The molecule has 2 aromatic rings. The lowest BCUT2D eigenvalue weighted by atomic mass is 10.1. The molecule has 0 bridgehead atoms. The first kappa shape index (κ1) is 18.9. The molecule has 5 nitrogen and oxygen atoms in total. The quantitative estimate of drug-likeness (QED) is 0.811. The Labute approximate surface area is 146 Å². The molecule has 0 atom stereocenters. The van der Waals surface area contributed by atoms with Crippen LogP contribution in [0.1, 0.15) is 21.5 Å². The molecule has 0 aliphatic carbocycles. The summed E-state index contributed by atoms with van der Waals surface area (Å²) in [6.07, 6.45) is -3.83. The van der Waals surface area contributed by atoms with Crippen LogP contribution in [0.25, 0.3) is 0 Å². The van der Waals surface area contributed by atoms with Crippen molar-refractivity contribution in [2.24, 2.45) is 0 Å². The lowest BCUT2D eigenvalue weighted by molar-refractivity contribution is -0.138. The maximum atomic E-state index is 13.1. The number of rotatable bonds is 5. The number of alkyl halides is 3. The van der Waals surface area contributed by atoms with Crippen LogP contribution in [0.4, 0.5) is 13.2 Å². The van der Waals surface area contributed by atoms with Crippen LogP contribution >= 0.6 is 11.6 Å². The minimum Gasteiger partial charge on any atom is -0.493 e. The van der Waals surface area contributed by atoms with Crippen LogP contribution in [0, 0.1) is 0 Å². The van der Waals surface area contributed by atoms with Gasteiger partial charge in [-0.05, 0) is 12.1 Å². The molecule has 25 heavy (non-hydrogen) atoms. The number of hydrogen-bond acceptors (Lipinski definition) is 4. The molecule has 1 heterocycles. The molecule has 1 N–H and O–H groups in total. The van der Waals surface area contributed by atoms with Crippen molar-refractivity contribution < 1.29 is 27.4 Å². The van der Waals surface area contributed by atoms with Crippen LogP contribution in [0.15, 0.2) is 30.5 Å². The lowest BCUT2D eigenvalue weighted by Crippen LogP contribution is -2.27. The first-order valence-corrected chi connectivity index (χ1v) is 7.37. The van der Waals surface area contributed by atoms with Crippen molar-refractivity contribution in [2.75, 3.05) is 14.2 Å². The summed E-state index contributed by atoms with van der Waals surface area (Å²) in [5.41, 5.74) is -1.34. The van der Waals surface area contributed by atoms with Crippen LogP contribution < -0.4 is 14.8 Å². The Hall–Kier alpha value is -2.48. The molecule has 1 aromatic heterocycles. The highest BCUT2D eigenvalue weighted by Crippen LogP contribution is 2.34.